The number of hydrogen-bond acceptors (Lipinski definition) is 4. The second kappa shape index (κ2) is 7.11. The average Bonchev–Trinajstić information content (AvgIpc) is 2.96. The number of nitrogens with zero attached hydrogens (tertiary/aromatic N) is 2. The minimum absolute atomic E-state index is 0.293. The van der Waals surface area contributed by atoms with E-state index in [4.69, 9.17) is 4.74 Å². The molecule has 4 nitrogen and oxygen atoms in total. The molecule has 0 aliphatic carbocycles. The predicted octanol–water partition coefficient (Wildman–Crippen LogP) is 4.68. The first-order valence-corrected chi connectivity index (χ1v) is 8.62. The molecule has 1 saturated heterocycles. The summed E-state index contributed by atoms with van der Waals surface area (Å²) in [5, 5.41) is 0.769. The Balaban J connectivity index is 1.97. The van der Waals surface area contributed by atoms with Crippen molar-refractivity contribution in [3.8, 4) is 0 Å². The van der Waals surface area contributed by atoms with Gasteiger partial charge in [0.2, 0.25) is 0 Å². The summed E-state index contributed by atoms with van der Waals surface area (Å²) in [4.78, 5) is 18.3. The zero-order valence-corrected chi connectivity index (χ0v) is 14.8. The molecule has 1 aliphatic heterocycles. The number of rotatable bonds is 3. The van der Waals surface area contributed by atoms with Crippen LogP contribution in [0, 0.1) is 12.7 Å². The van der Waals surface area contributed by atoms with Gasteiger partial charge in [-0.1, -0.05) is 18.3 Å². The number of aliphatic imine (C=N–C) groups is 1. The molecule has 2 aromatic rings. The third-order valence-corrected chi connectivity index (χ3v) is 4.80. The molecule has 25 heavy (non-hydrogen) atoms. The van der Waals surface area contributed by atoms with Gasteiger partial charge in [-0.3, -0.25) is 4.90 Å². The van der Waals surface area contributed by atoms with E-state index in [9.17, 15) is 9.18 Å². The topological polar surface area (TPSA) is 41.9 Å². The maximum atomic E-state index is 13.1. The van der Waals surface area contributed by atoms with Crippen LogP contribution in [0.2, 0.25) is 0 Å². The summed E-state index contributed by atoms with van der Waals surface area (Å²) in [6, 6.07) is 11.4. The smallest absolute Gasteiger partial charge is 0.337 e. The van der Waals surface area contributed by atoms with E-state index in [1.165, 1.54) is 19.2 Å². The third kappa shape index (κ3) is 3.58. The molecule has 2 aromatic carbocycles. The summed E-state index contributed by atoms with van der Waals surface area (Å²) in [7, 11) is 1.36. The summed E-state index contributed by atoms with van der Waals surface area (Å²) in [5.74, 6) is 0.0566. The lowest BCUT2D eigenvalue weighted by atomic mass is 10.1. The zero-order valence-electron chi connectivity index (χ0n) is 14.0. The Morgan fingerprint density at radius 1 is 1.28 bits per heavy atom. The first-order valence-electron chi connectivity index (χ1n) is 7.63. The predicted molar refractivity (Wildman–Crippen MR) is 100 cm³/mol. The summed E-state index contributed by atoms with van der Waals surface area (Å²) in [5.41, 5.74) is 3.90. The summed E-state index contributed by atoms with van der Waals surface area (Å²) < 4.78 is 17.8. The number of hydrogen-bond donors (Lipinski definition) is 0. The Morgan fingerprint density at radius 3 is 2.64 bits per heavy atom. The molecule has 0 spiro atoms. The monoisotopic (exact) mass is 356 g/mol. The molecule has 6 heteroatoms. The normalized spacial score (nSPS) is 15.7. The Bertz CT molecular complexity index is 862. The van der Waals surface area contributed by atoms with E-state index in [2.05, 4.69) is 11.6 Å². The first-order chi connectivity index (χ1) is 12.0. The van der Waals surface area contributed by atoms with Crippen LogP contribution in [0.3, 0.4) is 0 Å². The fourth-order valence-electron chi connectivity index (χ4n) is 2.55. The molecule has 0 N–H and O–H groups in total. The van der Waals surface area contributed by atoms with Gasteiger partial charge in [-0.05, 0) is 55.0 Å². The van der Waals surface area contributed by atoms with Crippen LogP contribution in [0.1, 0.15) is 15.9 Å². The molecule has 3 rings (SSSR count). The standard InChI is InChI=1S/C19H17FN2O2S/c1-12-10-14(18(23)24-3)4-9-17(12)22-13(2)11-25-19(22)21-16-7-5-15(20)6-8-16/h4-10H,2,11H2,1,3H3/b21-19-. The van der Waals surface area contributed by atoms with Gasteiger partial charge in [-0.25, -0.2) is 14.2 Å². The van der Waals surface area contributed by atoms with Crippen LogP contribution in [-0.4, -0.2) is 24.0 Å². The quantitative estimate of drug-likeness (QED) is 0.749. The van der Waals surface area contributed by atoms with Crippen molar-refractivity contribution < 1.29 is 13.9 Å². The van der Waals surface area contributed by atoms with E-state index >= 15 is 0 Å². The fourth-order valence-corrected chi connectivity index (χ4v) is 3.50. The van der Waals surface area contributed by atoms with Crippen LogP contribution in [0.15, 0.2) is 59.7 Å². The zero-order chi connectivity index (χ0) is 18.0. The minimum atomic E-state index is -0.371. The maximum Gasteiger partial charge on any atom is 0.337 e. The van der Waals surface area contributed by atoms with E-state index in [1.54, 1.807) is 36.0 Å². The van der Waals surface area contributed by atoms with Crippen LogP contribution in [0.5, 0.6) is 0 Å². The van der Waals surface area contributed by atoms with Crippen LogP contribution < -0.4 is 4.90 Å². The molecule has 0 aromatic heterocycles. The highest BCUT2D eigenvalue weighted by atomic mass is 32.2. The molecule has 1 fully saturated rings. The maximum absolute atomic E-state index is 13.1. The molecule has 0 radical (unpaired) electrons. The molecule has 0 unspecified atom stereocenters. The molecule has 0 bridgehead atoms. The molecule has 0 amide bonds. The van der Waals surface area contributed by atoms with Gasteiger partial charge in [-0.2, -0.15) is 0 Å². The van der Waals surface area contributed by atoms with E-state index in [-0.39, 0.29) is 11.8 Å². The second-order valence-electron chi connectivity index (χ2n) is 5.55. The SMILES string of the molecule is C=C1CS/C(=N\c2ccc(F)cc2)N1c1ccc(C(=O)OC)cc1C. The molecule has 0 atom stereocenters. The summed E-state index contributed by atoms with van der Waals surface area (Å²) in [6.07, 6.45) is 0. The lowest BCUT2D eigenvalue weighted by molar-refractivity contribution is 0.0600. The number of ether oxygens (including phenoxy) is 1. The molecule has 128 valence electrons. The van der Waals surface area contributed by atoms with Crippen molar-refractivity contribution in [3.63, 3.8) is 0 Å². The number of thioether (sulfide) groups is 1. The van der Waals surface area contributed by atoms with Gasteiger partial charge in [0.25, 0.3) is 0 Å². The van der Waals surface area contributed by atoms with Gasteiger partial charge in [0.1, 0.15) is 5.82 Å². The number of aryl methyl sites for hydroxylation is 1. The summed E-state index contributed by atoms with van der Waals surface area (Å²) >= 11 is 1.57. The van der Waals surface area contributed by atoms with Crippen molar-refractivity contribution in [3.05, 3.63) is 71.7 Å². The number of carbonyl (C=O) groups excluding carboxylic acids is 1. The number of esters is 1. The van der Waals surface area contributed by atoms with Gasteiger partial charge in [0.05, 0.1) is 24.0 Å². The van der Waals surface area contributed by atoms with Gasteiger partial charge < -0.3 is 4.74 Å². The second-order valence-corrected chi connectivity index (χ2v) is 6.50. The van der Waals surface area contributed by atoms with Crippen molar-refractivity contribution in [2.75, 3.05) is 17.8 Å². The van der Waals surface area contributed by atoms with Gasteiger partial charge >= 0.3 is 5.97 Å². The van der Waals surface area contributed by atoms with Crippen molar-refractivity contribution in [1.29, 1.82) is 0 Å². The van der Waals surface area contributed by atoms with Gasteiger partial charge in [0.15, 0.2) is 5.17 Å². The van der Waals surface area contributed by atoms with Crippen molar-refractivity contribution in [2.45, 2.75) is 6.92 Å². The Morgan fingerprint density at radius 2 is 2.00 bits per heavy atom. The molecule has 0 saturated carbocycles. The number of amidine groups is 1. The average molecular weight is 356 g/mol. The minimum Gasteiger partial charge on any atom is -0.465 e. The highest BCUT2D eigenvalue weighted by Crippen LogP contribution is 2.35. The number of carbonyl (C=O) groups is 1. The summed E-state index contributed by atoms with van der Waals surface area (Å²) in [6.45, 7) is 6.03. The highest BCUT2D eigenvalue weighted by Gasteiger charge is 2.26. The van der Waals surface area contributed by atoms with Crippen molar-refractivity contribution in [2.24, 2.45) is 4.99 Å². The fraction of sp³-hybridized carbons (Fsp3) is 0.158. The number of benzene rings is 2. The van der Waals surface area contributed by atoms with Crippen molar-refractivity contribution >= 4 is 34.3 Å². The van der Waals surface area contributed by atoms with E-state index in [1.807, 2.05) is 17.9 Å². The molecular formula is C19H17FN2O2S. The van der Waals surface area contributed by atoms with Gasteiger partial charge in [-0.15, -0.1) is 0 Å². The van der Waals surface area contributed by atoms with E-state index in [0.717, 1.165) is 27.9 Å². The first kappa shape index (κ1) is 17.2. The molecule has 1 aliphatic rings. The highest BCUT2D eigenvalue weighted by molar-refractivity contribution is 8.14. The van der Waals surface area contributed by atoms with Gasteiger partial charge in [0, 0.05) is 11.4 Å². The number of methoxy groups -OCH3 is 1. The van der Waals surface area contributed by atoms with Crippen LogP contribution >= 0.6 is 11.8 Å². The van der Waals surface area contributed by atoms with Crippen LogP contribution in [0.25, 0.3) is 0 Å². The molecular weight excluding hydrogens is 339 g/mol. The lowest BCUT2D eigenvalue weighted by Gasteiger charge is -2.22. The van der Waals surface area contributed by atoms with Crippen molar-refractivity contribution in [1.82, 2.24) is 0 Å². The lowest BCUT2D eigenvalue weighted by Crippen LogP contribution is -2.22. The third-order valence-electron chi connectivity index (χ3n) is 3.79. The number of halogens is 1. The van der Waals surface area contributed by atoms with Crippen LogP contribution in [-0.2, 0) is 4.74 Å². The largest absolute Gasteiger partial charge is 0.465 e. The van der Waals surface area contributed by atoms with E-state index < -0.39 is 0 Å². The Labute approximate surface area is 150 Å². The Kier molecular flexibility index (Phi) is 4.90. The molecule has 1 heterocycles. The number of anilines is 1. The van der Waals surface area contributed by atoms with Crippen LogP contribution in [0.4, 0.5) is 15.8 Å². The van der Waals surface area contributed by atoms with E-state index in [0.29, 0.717) is 11.3 Å². The Hall–Kier alpha value is -2.60.